The minimum absolute atomic E-state index is 0. The fraction of sp³-hybridized carbons (Fsp3) is 0.719. The number of unbranched alkanes of at least 4 members (excludes halogenated alkanes) is 4. The number of hydrogen-bond donors (Lipinski definition) is 8. The molecule has 12 saturated carbocycles. The minimum Gasteiger partial charge on any atom is -0.458 e. The normalized spacial score (nSPS) is 39.8. The number of rotatable bonds is 28. The van der Waals surface area contributed by atoms with Crippen LogP contribution in [-0.4, -0.2) is 138 Å². The van der Waals surface area contributed by atoms with Crippen LogP contribution in [0, 0.1) is 116 Å². The standard InChI is InChI=1S/4C31H46O4.4CH4/c4*1-6-7-10-25-21(4)30(34)35-29(25)16-19(2)26-13-14-27-22(9-8-15-31(26,27)5)11-12-23-17-24(32)18-28(33)20(23)3;;;;/h4*11-12,19,24-29,32-33H,3-4,6-10,13-18H2,1-2,5H3;4*1H4/b4*22-11+,23-12-;;;;/t4*19-,24-,25?,26-,27+,28+,29?,31-;;;;/m1111..../s1. The first-order valence-corrected chi connectivity index (χ1v) is 56.0. The highest BCUT2D eigenvalue weighted by molar-refractivity contribution is 5.92. The molecule has 0 spiro atoms. The van der Waals surface area contributed by atoms with E-state index in [1.54, 1.807) is 0 Å². The summed E-state index contributed by atoms with van der Waals surface area (Å²) in [6.07, 6.45) is 57.6. The van der Waals surface area contributed by atoms with Crippen molar-refractivity contribution in [3.63, 3.8) is 0 Å². The Bertz CT molecular complexity index is 4180. The molecule has 144 heavy (non-hydrogen) atoms. The highest BCUT2D eigenvalue weighted by Crippen LogP contribution is 2.65. The highest BCUT2D eigenvalue weighted by Gasteiger charge is 2.58. The summed E-state index contributed by atoms with van der Waals surface area (Å²) in [5.41, 5.74) is 16.8. The van der Waals surface area contributed by atoms with Gasteiger partial charge in [0.2, 0.25) is 0 Å². The van der Waals surface area contributed by atoms with Crippen LogP contribution < -0.4 is 0 Å². The van der Waals surface area contributed by atoms with Crippen LogP contribution in [-0.2, 0) is 38.1 Å². The van der Waals surface area contributed by atoms with E-state index in [9.17, 15) is 60.0 Å². The first-order chi connectivity index (χ1) is 66.6. The third kappa shape index (κ3) is 26.9. The topological polar surface area (TPSA) is 267 Å². The average Bonchev–Trinajstić information content (AvgIpc) is 1.61. The number of aliphatic hydroxyl groups excluding tert-OH is 8. The Hall–Kier alpha value is -6.60. The Morgan fingerprint density at radius 3 is 0.667 bits per heavy atom. The van der Waals surface area contributed by atoms with Gasteiger partial charge in [0.1, 0.15) is 24.4 Å². The summed E-state index contributed by atoms with van der Waals surface area (Å²) in [7, 11) is 0. The molecule has 0 bridgehead atoms. The fourth-order valence-electron chi connectivity index (χ4n) is 31.5. The summed E-state index contributed by atoms with van der Waals surface area (Å²) >= 11 is 0. The lowest BCUT2D eigenvalue weighted by Gasteiger charge is -2.45. The monoisotopic (exact) mass is 1990 g/mol. The molecule has 8 unspecified atom stereocenters. The molecule has 0 aromatic carbocycles. The van der Waals surface area contributed by atoms with E-state index in [0.717, 1.165) is 173 Å². The van der Waals surface area contributed by atoms with Crippen molar-refractivity contribution in [1.82, 2.24) is 0 Å². The summed E-state index contributed by atoms with van der Waals surface area (Å²) in [5, 5.41) is 81.2. The van der Waals surface area contributed by atoms with Crippen molar-refractivity contribution >= 4 is 23.9 Å². The van der Waals surface area contributed by atoms with Gasteiger partial charge in [-0.25, -0.2) is 19.2 Å². The van der Waals surface area contributed by atoms with E-state index in [0.29, 0.717) is 145 Å². The van der Waals surface area contributed by atoms with Crippen molar-refractivity contribution in [2.75, 3.05) is 0 Å². The number of esters is 4. The van der Waals surface area contributed by atoms with E-state index in [1.807, 2.05) is 0 Å². The average molecular weight is 1990 g/mol. The maximum atomic E-state index is 12.3. The molecule has 8 N–H and O–H groups in total. The molecule has 808 valence electrons. The molecule has 0 amide bonds. The molecule has 16 fully saturated rings. The molecule has 4 heterocycles. The third-order valence-electron chi connectivity index (χ3n) is 39.5. The van der Waals surface area contributed by atoms with Crippen molar-refractivity contribution in [3.8, 4) is 0 Å². The largest absolute Gasteiger partial charge is 0.458 e. The number of aliphatic hydroxyl groups is 8. The maximum absolute atomic E-state index is 12.3. The molecule has 4 saturated heterocycles. The quantitative estimate of drug-likeness (QED) is 0.0206. The second-order valence-corrected chi connectivity index (χ2v) is 48.4. The molecule has 16 nitrogen and oxygen atoms in total. The lowest BCUT2D eigenvalue weighted by Crippen LogP contribution is -2.37. The van der Waals surface area contributed by atoms with Gasteiger partial charge in [0, 0.05) is 71.6 Å². The van der Waals surface area contributed by atoms with E-state index in [1.165, 1.54) is 125 Å². The van der Waals surface area contributed by atoms with Gasteiger partial charge in [-0.15, -0.1) is 0 Å². The highest BCUT2D eigenvalue weighted by atomic mass is 16.6. The molecule has 4 aliphatic heterocycles. The van der Waals surface area contributed by atoms with Gasteiger partial charge in [0.25, 0.3) is 0 Å². The molecule has 16 aliphatic rings. The Kier molecular flexibility index (Phi) is 44.4. The van der Waals surface area contributed by atoms with Crippen LogP contribution >= 0.6 is 0 Å². The smallest absolute Gasteiger partial charge is 0.334 e. The number of ether oxygens (including phenoxy) is 4. The molecule has 16 heteroatoms. The molecule has 0 aromatic rings. The Morgan fingerprint density at radius 1 is 0.299 bits per heavy atom. The first-order valence-electron chi connectivity index (χ1n) is 56.0. The van der Waals surface area contributed by atoms with Crippen molar-refractivity contribution in [2.24, 2.45) is 116 Å². The SMILES string of the molecule is C.C.C.C.C=C1C(=O)OC(C[C@@H](C)[C@H]2CC[C@H]3/C(=C/C=C4/C[C@@H](O)C[C@H](O)C4=C)CCC[C@]23C)C1CCCC.C=C1C(=O)OC(C[C@@H](C)[C@H]2CC[C@H]3/C(=C/C=C4/C[C@@H](O)C[C@H](O)C4=C)CCC[C@]23C)C1CCCC.C=C1C(=O)OC(C[C@@H](C)[C@H]2CC[C@H]3/C(=C/C=C4/C[C@@H](O)C[C@H](O)C4=C)CCC[C@]23C)C1CCCC.C=C1C(=O)OC(C[C@@H](C)[C@H]2CC[C@H]3/C(=C/C=C4/C[C@@H](O)C[C@H](O)C4=C)CCC[C@]23C)C1CCCC. The van der Waals surface area contributed by atoms with Gasteiger partial charge in [-0.3, -0.25) is 0 Å². The Morgan fingerprint density at radius 2 is 0.486 bits per heavy atom. The van der Waals surface area contributed by atoms with E-state index < -0.39 is 48.8 Å². The Labute approximate surface area is 872 Å². The van der Waals surface area contributed by atoms with Crippen LogP contribution in [0.3, 0.4) is 0 Å². The number of allylic oxidation sites excluding steroid dienone is 12. The molecule has 12 aliphatic carbocycles. The predicted octanol–water partition coefficient (Wildman–Crippen LogP) is 28.3. The number of hydrogen-bond acceptors (Lipinski definition) is 16. The van der Waals surface area contributed by atoms with Crippen molar-refractivity contribution in [1.29, 1.82) is 0 Å². The van der Waals surface area contributed by atoms with E-state index in [-0.39, 0.29) is 123 Å². The summed E-state index contributed by atoms with van der Waals surface area (Å²) < 4.78 is 23.3. The second-order valence-electron chi connectivity index (χ2n) is 48.4. The van der Waals surface area contributed by atoms with Crippen LogP contribution in [0.25, 0.3) is 0 Å². The lowest BCUT2D eigenvalue weighted by molar-refractivity contribution is -0.141. The number of carbonyl (C=O) groups is 4. The van der Waals surface area contributed by atoms with Crippen LogP contribution in [0.2, 0.25) is 0 Å². The van der Waals surface area contributed by atoms with Crippen LogP contribution in [0.4, 0.5) is 0 Å². The van der Waals surface area contributed by atoms with Gasteiger partial charge in [0.05, 0.1) is 48.8 Å². The summed E-state index contributed by atoms with van der Waals surface area (Å²) in [6.45, 7) is 60.8. The molecule has 32 atom stereocenters. The fourth-order valence-corrected chi connectivity index (χ4v) is 31.5. The van der Waals surface area contributed by atoms with Gasteiger partial charge in [-0.05, 0) is 343 Å². The number of carbonyl (C=O) groups excluding carboxylic acids is 4. The summed E-state index contributed by atoms with van der Waals surface area (Å²) in [4.78, 5) is 49.2. The first kappa shape index (κ1) is 121. The Balaban J connectivity index is 0.000000212. The van der Waals surface area contributed by atoms with Crippen molar-refractivity contribution < 1.29 is 79.0 Å². The molecular formula is C128H200O16. The van der Waals surface area contributed by atoms with Gasteiger partial charge < -0.3 is 59.8 Å². The van der Waals surface area contributed by atoms with Gasteiger partial charge in [0.15, 0.2) is 0 Å². The van der Waals surface area contributed by atoms with Crippen LogP contribution in [0.15, 0.2) is 190 Å². The van der Waals surface area contributed by atoms with Crippen LogP contribution in [0.5, 0.6) is 0 Å². The summed E-state index contributed by atoms with van der Waals surface area (Å²) in [6, 6.07) is 0. The second kappa shape index (κ2) is 52.9. The minimum atomic E-state index is -0.640. The number of cyclic esters (lactones) is 4. The van der Waals surface area contributed by atoms with Crippen molar-refractivity contribution in [3.05, 3.63) is 190 Å². The lowest BCUT2D eigenvalue weighted by atomic mass is 9.60. The van der Waals surface area contributed by atoms with E-state index in [4.69, 9.17) is 18.9 Å². The van der Waals surface area contributed by atoms with Crippen molar-refractivity contribution in [2.45, 2.75) is 469 Å². The zero-order chi connectivity index (χ0) is 101. The summed E-state index contributed by atoms with van der Waals surface area (Å²) in [5.74, 6) is 6.75. The zero-order valence-corrected chi connectivity index (χ0v) is 88.4. The van der Waals surface area contributed by atoms with Crippen LogP contribution in [0.1, 0.15) is 395 Å². The van der Waals surface area contributed by atoms with Gasteiger partial charge >= 0.3 is 23.9 Å². The van der Waals surface area contributed by atoms with E-state index >= 15 is 0 Å². The molecule has 0 radical (unpaired) electrons. The maximum Gasteiger partial charge on any atom is 0.334 e. The zero-order valence-electron chi connectivity index (χ0n) is 88.4. The van der Waals surface area contributed by atoms with Gasteiger partial charge in [-0.2, -0.15) is 0 Å². The molecule has 0 aromatic heterocycles. The van der Waals surface area contributed by atoms with E-state index in [2.05, 4.69) is 184 Å². The predicted molar refractivity (Wildman–Crippen MR) is 589 cm³/mol. The molecule has 16 rings (SSSR count). The van der Waals surface area contributed by atoms with Gasteiger partial charge in [-0.1, -0.05) is 288 Å². The molecular weight excluding hydrogens is 1790 g/mol. The number of fused-ring (bicyclic) bond motifs is 4. The third-order valence-corrected chi connectivity index (χ3v) is 39.5.